The van der Waals surface area contributed by atoms with Crippen LogP contribution in [-0.2, 0) is 52.7 Å². The van der Waals surface area contributed by atoms with Crippen LogP contribution in [0.4, 0.5) is 0 Å². The molecule has 0 bridgehead atoms. The molecule has 8 amide bonds. The van der Waals surface area contributed by atoms with Crippen molar-refractivity contribution in [2.24, 2.45) is 17.6 Å². The van der Waals surface area contributed by atoms with Gasteiger partial charge in [0.1, 0.15) is 42.3 Å². The van der Waals surface area contributed by atoms with E-state index in [2.05, 4.69) is 42.5 Å². The molecule has 0 rings (SSSR count). The molecule has 0 heterocycles. The number of aliphatic hydroxyl groups excluding tert-OH is 3. The first kappa shape index (κ1) is 61.0. The van der Waals surface area contributed by atoms with Crippen molar-refractivity contribution in [2.75, 3.05) is 13.2 Å². The van der Waals surface area contributed by atoms with Crippen LogP contribution in [0.15, 0.2) is 0 Å². The molecule has 0 saturated carbocycles. The zero-order valence-electron chi connectivity index (χ0n) is 39.0. The van der Waals surface area contributed by atoms with Crippen molar-refractivity contribution in [1.82, 2.24) is 42.5 Å². The molecule has 0 aliphatic carbocycles. The molecule has 0 aromatic carbocycles. The Balaban J connectivity index is 6.49. The Morgan fingerprint density at radius 3 is 1.22 bits per heavy atom. The summed E-state index contributed by atoms with van der Waals surface area (Å²) in [6.07, 6.45) is -5.56. The lowest BCUT2D eigenvalue weighted by atomic mass is 10.0. The van der Waals surface area contributed by atoms with Gasteiger partial charge in [0.05, 0.1) is 24.9 Å². The van der Waals surface area contributed by atoms with E-state index in [0.717, 1.165) is 13.8 Å². The van der Waals surface area contributed by atoms with Gasteiger partial charge in [-0.25, -0.2) is 4.79 Å². The maximum absolute atomic E-state index is 13.7. The molecule has 382 valence electrons. The third-order valence-electron chi connectivity index (χ3n) is 9.81. The molecule has 26 nitrogen and oxygen atoms in total. The Kier molecular flexibility index (Phi) is 28.3. The van der Waals surface area contributed by atoms with Crippen molar-refractivity contribution in [3.63, 3.8) is 0 Å². The summed E-state index contributed by atoms with van der Waals surface area (Å²) < 4.78 is 0. The lowest BCUT2D eigenvalue weighted by molar-refractivity contribution is -0.143. The summed E-state index contributed by atoms with van der Waals surface area (Å²) in [7, 11) is 0. The molecule has 10 atom stereocenters. The molecule has 0 spiro atoms. The van der Waals surface area contributed by atoms with Crippen LogP contribution in [0.2, 0.25) is 0 Å². The maximum atomic E-state index is 13.7. The highest BCUT2D eigenvalue weighted by Crippen LogP contribution is 2.10. The number of carboxylic acid groups (broad SMARTS) is 3. The number of rotatable bonds is 33. The van der Waals surface area contributed by atoms with E-state index in [-0.39, 0.29) is 50.0 Å². The Morgan fingerprint density at radius 2 is 0.851 bits per heavy atom. The summed E-state index contributed by atoms with van der Waals surface area (Å²) >= 11 is 0. The lowest BCUT2D eigenvalue weighted by Gasteiger charge is -2.29. The second-order valence-electron chi connectivity index (χ2n) is 17.0. The Labute approximate surface area is 388 Å². The number of nitrogens with one attached hydrogen (secondary N) is 8. The number of aliphatic hydroxyl groups is 3. The van der Waals surface area contributed by atoms with Crippen LogP contribution in [-0.4, -0.2) is 169 Å². The fraction of sp³-hybridized carbons (Fsp3) is 0.732. The zero-order chi connectivity index (χ0) is 51.7. The molecule has 0 fully saturated rings. The fourth-order valence-corrected chi connectivity index (χ4v) is 6.25. The largest absolute Gasteiger partial charge is 0.481 e. The minimum atomic E-state index is -1.98. The Hall–Kier alpha value is -5.99. The molecule has 0 aromatic heterocycles. The number of nitrogens with two attached hydrogens (primary N) is 1. The number of hydrogen-bond acceptors (Lipinski definition) is 15. The molecule has 0 aliphatic rings. The van der Waals surface area contributed by atoms with Crippen LogP contribution in [0.1, 0.15) is 106 Å². The van der Waals surface area contributed by atoms with Gasteiger partial charge in [0.2, 0.25) is 47.3 Å². The van der Waals surface area contributed by atoms with E-state index < -0.39 is 152 Å². The quantitative estimate of drug-likeness (QED) is 0.0277. The number of carbonyl (C=O) groups is 11. The van der Waals surface area contributed by atoms with Crippen molar-refractivity contribution in [1.29, 1.82) is 0 Å². The molecule has 0 saturated heterocycles. The number of amides is 8. The first-order valence-corrected chi connectivity index (χ1v) is 21.9. The Morgan fingerprint density at radius 1 is 0.478 bits per heavy atom. The SMILES string of the molecule is CC(=O)NCCCC[C@H](NC(=O)[C@@H](NC(=O)[C@H](CCC(=O)O)NC(=O)[C@@H](NC(=O)[C@H](CCC(=O)O)NC(=O)[C@H](CO)NC(=O)[C@@H](N)CC(C)C)C(C)O)C(C)O)C(=O)N[C@H](CC(C)C)C(=O)O. The van der Waals surface area contributed by atoms with E-state index >= 15 is 0 Å². The van der Waals surface area contributed by atoms with E-state index in [4.69, 9.17) is 5.73 Å². The molecule has 2 unspecified atom stereocenters. The van der Waals surface area contributed by atoms with Gasteiger partial charge < -0.3 is 78.9 Å². The molecule has 0 radical (unpaired) electrons. The highest BCUT2D eigenvalue weighted by atomic mass is 16.4. The second-order valence-corrected chi connectivity index (χ2v) is 17.0. The molecule has 16 N–H and O–H groups in total. The van der Waals surface area contributed by atoms with Crippen LogP contribution >= 0.6 is 0 Å². The molecular formula is C41H71N9O17. The van der Waals surface area contributed by atoms with Gasteiger partial charge in [-0.1, -0.05) is 27.7 Å². The third-order valence-corrected chi connectivity index (χ3v) is 9.81. The molecule has 0 aliphatic heterocycles. The fourth-order valence-electron chi connectivity index (χ4n) is 6.25. The second kappa shape index (κ2) is 31.1. The zero-order valence-corrected chi connectivity index (χ0v) is 39.0. The van der Waals surface area contributed by atoms with Gasteiger partial charge in [0.15, 0.2) is 0 Å². The number of carboxylic acids is 3. The number of hydrogen-bond donors (Lipinski definition) is 15. The van der Waals surface area contributed by atoms with Crippen molar-refractivity contribution in [3.05, 3.63) is 0 Å². The van der Waals surface area contributed by atoms with E-state index in [1.807, 2.05) is 0 Å². The molecular weight excluding hydrogens is 890 g/mol. The number of aliphatic carboxylic acids is 3. The van der Waals surface area contributed by atoms with Gasteiger partial charge in [-0.2, -0.15) is 0 Å². The topological polar surface area (TPSA) is 431 Å². The highest BCUT2D eigenvalue weighted by Gasteiger charge is 2.37. The summed E-state index contributed by atoms with van der Waals surface area (Å²) in [5.41, 5.74) is 5.85. The van der Waals surface area contributed by atoms with E-state index in [9.17, 15) is 83.4 Å². The van der Waals surface area contributed by atoms with Crippen molar-refractivity contribution in [3.8, 4) is 0 Å². The number of unbranched alkanes of at least 4 members (excludes halogenated alkanes) is 1. The lowest BCUT2D eigenvalue weighted by Crippen LogP contribution is -2.63. The summed E-state index contributed by atoms with van der Waals surface area (Å²) in [4.78, 5) is 140. The van der Waals surface area contributed by atoms with Gasteiger partial charge >= 0.3 is 17.9 Å². The van der Waals surface area contributed by atoms with E-state index in [1.54, 1.807) is 27.7 Å². The predicted octanol–water partition coefficient (Wildman–Crippen LogP) is -4.33. The van der Waals surface area contributed by atoms with E-state index in [1.165, 1.54) is 6.92 Å². The average Bonchev–Trinajstić information content (AvgIpc) is 3.21. The summed E-state index contributed by atoms with van der Waals surface area (Å²) in [5, 5.41) is 77.7. The van der Waals surface area contributed by atoms with Crippen molar-refractivity contribution < 1.29 is 83.4 Å². The summed E-state index contributed by atoms with van der Waals surface area (Å²) in [5.74, 6) is -12.6. The van der Waals surface area contributed by atoms with Gasteiger partial charge in [-0.3, -0.25) is 47.9 Å². The van der Waals surface area contributed by atoms with Crippen LogP contribution < -0.4 is 48.3 Å². The van der Waals surface area contributed by atoms with Crippen molar-refractivity contribution >= 4 is 65.2 Å². The standard InChI is InChI=1S/C41H71N9O17/c1-19(2)16-24(42)34(59)48-29(18-51)38(63)44-26(11-13-30(55)56)36(61)49-33(22(6)53)40(65)46-27(12-14-31(57)58)37(62)50-32(21(5)52)39(64)45-25(10-8-9-15-43-23(7)54)35(60)47-28(41(66)67)17-20(3)4/h19-22,24-29,32-33,51-53H,8-18,42H2,1-7H3,(H,43,54)(H,44,63)(H,45,64)(H,46,65)(H,47,60)(H,48,59)(H,49,61)(H,50,62)(H,55,56)(H,57,58)(H,66,67)/t21?,22?,24-,25-,26-,27-,28+,29-,32-,33-/m0/s1. The highest BCUT2D eigenvalue weighted by molar-refractivity contribution is 5.98. The van der Waals surface area contributed by atoms with Gasteiger partial charge in [0.25, 0.3) is 0 Å². The predicted molar refractivity (Wildman–Crippen MR) is 235 cm³/mol. The van der Waals surface area contributed by atoms with Gasteiger partial charge in [-0.05, 0) is 70.6 Å². The first-order chi connectivity index (χ1) is 31.1. The monoisotopic (exact) mass is 961 g/mol. The molecule has 26 heteroatoms. The molecule has 67 heavy (non-hydrogen) atoms. The smallest absolute Gasteiger partial charge is 0.326 e. The van der Waals surface area contributed by atoms with Crippen LogP contribution in [0.3, 0.4) is 0 Å². The average molecular weight is 962 g/mol. The summed E-state index contributed by atoms with van der Waals surface area (Å²) in [6, 6.07) is -13.0. The van der Waals surface area contributed by atoms with Crippen LogP contribution in [0, 0.1) is 11.8 Å². The van der Waals surface area contributed by atoms with Crippen molar-refractivity contribution in [2.45, 2.75) is 167 Å². The number of carbonyl (C=O) groups excluding carboxylic acids is 8. The molecule has 0 aromatic rings. The Bertz CT molecular complexity index is 1710. The third kappa shape index (κ3) is 24.9. The van der Waals surface area contributed by atoms with Crippen LogP contribution in [0.5, 0.6) is 0 Å². The van der Waals surface area contributed by atoms with Crippen LogP contribution in [0.25, 0.3) is 0 Å². The summed E-state index contributed by atoms with van der Waals surface area (Å²) in [6.45, 7) is 9.66. The van der Waals surface area contributed by atoms with Gasteiger partial charge in [-0.15, -0.1) is 0 Å². The van der Waals surface area contributed by atoms with Gasteiger partial charge in [0, 0.05) is 26.3 Å². The maximum Gasteiger partial charge on any atom is 0.326 e. The minimum Gasteiger partial charge on any atom is -0.481 e. The minimum absolute atomic E-state index is 0.0129. The van der Waals surface area contributed by atoms with E-state index in [0.29, 0.717) is 6.42 Å². The first-order valence-electron chi connectivity index (χ1n) is 21.9. The normalized spacial score (nSPS) is 15.7.